The maximum Gasteiger partial charge on any atom is 0.306 e. The largest absolute Gasteiger partial charge is 0.481 e. The lowest BCUT2D eigenvalue weighted by atomic mass is 9.80. The molecular formula is C31H39N3O5. The Labute approximate surface area is 230 Å². The zero-order chi connectivity index (χ0) is 27.9. The molecule has 0 saturated heterocycles. The van der Waals surface area contributed by atoms with Gasteiger partial charge in [-0.05, 0) is 67.2 Å². The first-order valence-corrected chi connectivity index (χ1v) is 13.9. The molecule has 2 atom stereocenters. The van der Waals surface area contributed by atoms with Crippen LogP contribution in [0.1, 0.15) is 75.5 Å². The van der Waals surface area contributed by atoms with E-state index in [0.717, 1.165) is 42.4 Å². The SMILES string of the molecule is CC(C[C@H]1CC[C@@H](NC(=O)C(c2ccc(CN3N=C(c4ccccc4)OCC3=O)cc2)C(C)C)CC1)C(=O)O. The fourth-order valence-electron chi connectivity index (χ4n) is 5.52. The van der Waals surface area contributed by atoms with E-state index in [0.29, 0.717) is 24.8 Å². The number of benzene rings is 2. The normalized spacial score (nSPS) is 21.1. The second-order valence-electron chi connectivity index (χ2n) is 11.2. The molecule has 4 rings (SSSR count). The molecule has 1 fully saturated rings. The quantitative estimate of drug-likeness (QED) is 0.450. The summed E-state index contributed by atoms with van der Waals surface area (Å²) in [4.78, 5) is 37.0. The van der Waals surface area contributed by atoms with Crippen LogP contribution in [0.5, 0.6) is 0 Å². The number of hydrogen-bond donors (Lipinski definition) is 2. The lowest BCUT2D eigenvalue weighted by molar-refractivity contribution is -0.141. The average Bonchev–Trinajstić information content (AvgIpc) is 2.92. The minimum atomic E-state index is -0.738. The van der Waals surface area contributed by atoms with E-state index < -0.39 is 5.97 Å². The molecule has 208 valence electrons. The first-order valence-electron chi connectivity index (χ1n) is 13.9. The van der Waals surface area contributed by atoms with E-state index in [-0.39, 0.29) is 42.2 Å². The third-order valence-corrected chi connectivity index (χ3v) is 7.77. The molecule has 0 aromatic heterocycles. The number of nitrogens with zero attached hydrogens (tertiary/aromatic N) is 2. The summed E-state index contributed by atoms with van der Waals surface area (Å²) in [6, 6.07) is 17.5. The van der Waals surface area contributed by atoms with Gasteiger partial charge in [-0.3, -0.25) is 14.4 Å². The zero-order valence-electron chi connectivity index (χ0n) is 23.0. The van der Waals surface area contributed by atoms with E-state index >= 15 is 0 Å². The highest BCUT2D eigenvalue weighted by molar-refractivity contribution is 5.97. The van der Waals surface area contributed by atoms with E-state index in [1.807, 2.05) is 54.6 Å². The molecule has 2 N–H and O–H groups in total. The molecule has 1 aliphatic carbocycles. The summed E-state index contributed by atoms with van der Waals surface area (Å²) >= 11 is 0. The number of carboxylic acid groups (broad SMARTS) is 1. The molecule has 2 amide bonds. The van der Waals surface area contributed by atoms with E-state index in [1.165, 1.54) is 5.01 Å². The van der Waals surface area contributed by atoms with Crippen LogP contribution in [0.15, 0.2) is 59.7 Å². The number of nitrogens with one attached hydrogen (secondary N) is 1. The molecule has 39 heavy (non-hydrogen) atoms. The van der Waals surface area contributed by atoms with Gasteiger partial charge in [0.2, 0.25) is 11.8 Å². The number of hydrazone groups is 1. The third kappa shape index (κ3) is 7.46. The number of ether oxygens (including phenoxy) is 1. The number of carbonyl (C=O) groups excluding carboxylic acids is 2. The minimum absolute atomic E-state index is 0.0283. The molecule has 2 aliphatic rings. The van der Waals surface area contributed by atoms with Gasteiger partial charge in [0, 0.05) is 11.6 Å². The Hall–Kier alpha value is -3.68. The van der Waals surface area contributed by atoms with Gasteiger partial charge in [-0.1, -0.05) is 63.2 Å². The second-order valence-corrected chi connectivity index (χ2v) is 11.2. The number of carbonyl (C=O) groups is 3. The predicted molar refractivity (Wildman–Crippen MR) is 149 cm³/mol. The van der Waals surface area contributed by atoms with Crippen molar-refractivity contribution in [1.29, 1.82) is 0 Å². The summed E-state index contributed by atoms with van der Waals surface area (Å²) in [6.07, 6.45) is 4.35. The molecule has 0 spiro atoms. The highest BCUT2D eigenvalue weighted by Crippen LogP contribution is 2.31. The highest BCUT2D eigenvalue weighted by atomic mass is 16.5. The van der Waals surface area contributed by atoms with Crippen LogP contribution in [0.25, 0.3) is 0 Å². The molecule has 1 aliphatic heterocycles. The van der Waals surface area contributed by atoms with E-state index in [1.54, 1.807) is 6.92 Å². The van der Waals surface area contributed by atoms with Gasteiger partial charge in [-0.2, -0.15) is 0 Å². The Morgan fingerprint density at radius 1 is 1.03 bits per heavy atom. The molecule has 8 heteroatoms. The molecule has 0 radical (unpaired) electrons. The minimum Gasteiger partial charge on any atom is -0.481 e. The Morgan fingerprint density at radius 2 is 1.69 bits per heavy atom. The number of carboxylic acids is 1. The standard InChI is InChI=1S/C31H39N3O5/c1-20(2)28(29(36)32-26-15-11-22(12-16-26)17-21(3)31(37)38)24-13-9-23(10-14-24)18-34-27(35)19-39-30(33-34)25-7-5-4-6-8-25/h4-10,13-14,20-22,26,28H,11-12,15-19H2,1-3H3,(H,32,36)(H,37,38)/t21?,22-,26+,28?. The van der Waals surface area contributed by atoms with Gasteiger partial charge in [-0.25, -0.2) is 5.01 Å². The van der Waals surface area contributed by atoms with Crippen molar-refractivity contribution in [1.82, 2.24) is 10.3 Å². The van der Waals surface area contributed by atoms with Crippen LogP contribution < -0.4 is 5.32 Å². The number of rotatable bonds is 10. The van der Waals surface area contributed by atoms with Crippen molar-refractivity contribution >= 4 is 23.7 Å². The van der Waals surface area contributed by atoms with Crippen LogP contribution in [-0.2, 0) is 25.7 Å². The summed E-state index contributed by atoms with van der Waals surface area (Å²) in [6.45, 7) is 6.13. The number of amides is 2. The van der Waals surface area contributed by atoms with Crippen LogP contribution in [0.4, 0.5) is 0 Å². The molecule has 8 nitrogen and oxygen atoms in total. The fourth-order valence-corrected chi connectivity index (χ4v) is 5.52. The maximum atomic E-state index is 13.3. The average molecular weight is 534 g/mol. The van der Waals surface area contributed by atoms with Crippen LogP contribution in [0.2, 0.25) is 0 Å². The predicted octanol–water partition coefficient (Wildman–Crippen LogP) is 4.93. The smallest absolute Gasteiger partial charge is 0.306 e. The monoisotopic (exact) mass is 533 g/mol. The Morgan fingerprint density at radius 3 is 2.31 bits per heavy atom. The second kappa shape index (κ2) is 12.9. The highest BCUT2D eigenvalue weighted by Gasteiger charge is 2.30. The molecule has 2 aromatic carbocycles. The van der Waals surface area contributed by atoms with E-state index in [4.69, 9.17) is 4.74 Å². The first kappa shape index (κ1) is 28.3. The van der Waals surface area contributed by atoms with Crippen molar-refractivity contribution < 1.29 is 24.2 Å². The summed E-state index contributed by atoms with van der Waals surface area (Å²) in [5.74, 6) is -0.575. The Balaban J connectivity index is 1.36. The van der Waals surface area contributed by atoms with Crippen molar-refractivity contribution in [3.8, 4) is 0 Å². The maximum absolute atomic E-state index is 13.3. The zero-order valence-corrected chi connectivity index (χ0v) is 23.0. The van der Waals surface area contributed by atoms with Crippen LogP contribution in [-0.4, -0.2) is 46.4 Å². The molecule has 1 heterocycles. The van der Waals surface area contributed by atoms with Crippen molar-refractivity contribution in [2.75, 3.05) is 6.61 Å². The number of aliphatic carboxylic acids is 1. The van der Waals surface area contributed by atoms with Crippen molar-refractivity contribution in [2.45, 2.75) is 71.4 Å². The Kier molecular flexibility index (Phi) is 9.38. The van der Waals surface area contributed by atoms with Gasteiger partial charge in [0.25, 0.3) is 5.91 Å². The number of hydrogen-bond acceptors (Lipinski definition) is 5. The van der Waals surface area contributed by atoms with Crippen LogP contribution >= 0.6 is 0 Å². The van der Waals surface area contributed by atoms with Crippen molar-refractivity contribution in [2.24, 2.45) is 22.9 Å². The van der Waals surface area contributed by atoms with Crippen LogP contribution in [0.3, 0.4) is 0 Å². The molecule has 1 saturated carbocycles. The summed E-state index contributed by atoms with van der Waals surface area (Å²) < 4.78 is 5.53. The van der Waals surface area contributed by atoms with Crippen molar-refractivity contribution in [3.05, 3.63) is 71.3 Å². The fraction of sp³-hybridized carbons (Fsp3) is 0.484. The molecular weight excluding hydrogens is 494 g/mol. The molecule has 2 unspecified atom stereocenters. The van der Waals surface area contributed by atoms with E-state index in [2.05, 4.69) is 24.3 Å². The van der Waals surface area contributed by atoms with Gasteiger partial charge < -0.3 is 15.2 Å². The lowest BCUT2D eigenvalue weighted by Gasteiger charge is -2.31. The topological polar surface area (TPSA) is 108 Å². The molecule has 0 bridgehead atoms. The Bertz CT molecular complexity index is 1170. The van der Waals surface area contributed by atoms with Crippen molar-refractivity contribution in [3.63, 3.8) is 0 Å². The first-order chi connectivity index (χ1) is 18.7. The van der Waals surface area contributed by atoms with Gasteiger partial charge in [-0.15, -0.1) is 5.10 Å². The van der Waals surface area contributed by atoms with Gasteiger partial charge >= 0.3 is 5.97 Å². The van der Waals surface area contributed by atoms with Gasteiger partial charge in [0.15, 0.2) is 6.61 Å². The van der Waals surface area contributed by atoms with Crippen LogP contribution in [0, 0.1) is 17.8 Å². The van der Waals surface area contributed by atoms with E-state index in [9.17, 15) is 19.5 Å². The lowest BCUT2D eigenvalue weighted by Crippen LogP contribution is -2.41. The third-order valence-electron chi connectivity index (χ3n) is 7.77. The summed E-state index contributed by atoms with van der Waals surface area (Å²) in [5, 5.41) is 18.3. The van der Waals surface area contributed by atoms with Gasteiger partial charge in [0.05, 0.1) is 18.4 Å². The molecule has 2 aromatic rings. The summed E-state index contributed by atoms with van der Waals surface area (Å²) in [5.41, 5.74) is 2.68. The summed E-state index contributed by atoms with van der Waals surface area (Å²) in [7, 11) is 0. The van der Waals surface area contributed by atoms with Gasteiger partial charge in [0.1, 0.15) is 0 Å².